The first-order chi connectivity index (χ1) is 11.3. The molecule has 0 bridgehead atoms. The van der Waals surface area contributed by atoms with Gasteiger partial charge in [-0.1, -0.05) is 123 Å². The van der Waals surface area contributed by atoms with Crippen molar-refractivity contribution in [2.24, 2.45) is 0 Å². The summed E-state index contributed by atoms with van der Waals surface area (Å²) in [6.07, 6.45) is 0. The first-order valence-corrected chi connectivity index (χ1v) is 11.2. The number of benzene rings is 2. The summed E-state index contributed by atoms with van der Waals surface area (Å²) in [4.78, 5) is 13.4. The third-order valence-corrected chi connectivity index (χ3v) is 6.10. The fourth-order valence-electron chi connectivity index (χ4n) is 2.61. The second-order valence-electron chi connectivity index (χ2n) is 5.85. The van der Waals surface area contributed by atoms with Gasteiger partial charge in [-0.2, -0.15) is 0 Å². The Balaban J connectivity index is 2.41. The molecule has 1 nitrogen and oxygen atoms in total. The lowest BCUT2D eigenvalue weighted by Crippen LogP contribution is -2.28. The molecule has 0 saturated carbocycles. The van der Waals surface area contributed by atoms with Crippen LogP contribution in [0.4, 0.5) is 0 Å². The van der Waals surface area contributed by atoms with Crippen LogP contribution in [0.5, 0.6) is 0 Å². The summed E-state index contributed by atoms with van der Waals surface area (Å²) in [6, 6.07) is 16.3. The molecule has 2 atom stereocenters. The van der Waals surface area contributed by atoms with Crippen LogP contribution in [0.1, 0.15) is 34.1 Å². The van der Waals surface area contributed by atoms with Crippen LogP contribution in [-0.2, 0) is 4.79 Å². The third kappa shape index (κ3) is 5.03. The molecule has 0 aliphatic heterocycles. The maximum Gasteiger partial charge on any atom is 0.151 e. The first kappa shape index (κ1) is 20.3. The van der Waals surface area contributed by atoms with Gasteiger partial charge in [-0.05, 0) is 25.0 Å². The Bertz CT molecular complexity index is 618. The SMILES string of the molecule is Cc1ccc(C(C(=O)C(c2ccc(C)cc2)C(Br)Br)C(Br)Br)cc1. The lowest BCUT2D eigenvalue weighted by atomic mass is 9.85. The van der Waals surface area contributed by atoms with E-state index in [9.17, 15) is 4.79 Å². The van der Waals surface area contributed by atoms with Crippen LogP contribution in [0.15, 0.2) is 48.5 Å². The van der Waals surface area contributed by atoms with Crippen molar-refractivity contribution in [1.82, 2.24) is 0 Å². The monoisotopic (exact) mass is 578 g/mol. The van der Waals surface area contributed by atoms with Crippen molar-refractivity contribution in [1.29, 1.82) is 0 Å². The molecule has 24 heavy (non-hydrogen) atoms. The number of hydrogen-bond donors (Lipinski definition) is 0. The number of halogens is 4. The van der Waals surface area contributed by atoms with Gasteiger partial charge in [-0.3, -0.25) is 4.79 Å². The molecule has 0 aliphatic carbocycles. The van der Waals surface area contributed by atoms with Gasteiger partial charge in [0.05, 0.1) is 19.3 Å². The highest BCUT2D eigenvalue weighted by molar-refractivity contribution is 9.25. The topological polar surface area (TPSA) is 17.1 Å². The molecule has 0 fully saturated rings. The molecule has 0 aromatic heterocycles. The van der Waals surface area contributed by atoms with Gasteiger partial charge in [0.25, 0.3) is 0 Å². The minimum atomic E-state index is -0.283. The molecular formula is C19H18Br4O. The van der Waals surface area contributed by atoms with Gasteiger partial charge in [-0.25, -0.2) is 0 Å². The summed E-state index contributed by atoms with van der Waals surface area (Å²) in [6.45, 7) is 4.09. The van der Waals surface area contributed by atoms with Gasteiger partial charge in [0.1, 0.15) is 0 Å². The van der Waals surface area contributed by atoms with E-state index < -0.39 is 0 Å². The molecule has 2 aromatic carbocycles. The van der Waals surface area contributed by atoms with Crippen molar-refractivity contribution in [3.8, 4) is 0 Å². The predicted octanol–water partition coefficient (Wildman–Crippen LogP) is 6.97. The summed E-state index contributed by atoms with van der Waals surface area (Å²) in [5.41, 5.74) is 4.36. The van der Waals surface area contributed by atoms with E-state index in [0.717, 1.165) is 11.1 Å². The van der Waals surface area contributed by atoms with E-state index >= 15 is 0 Å². The molecule has 5 heteroatoms. The maximum absolute atomic E-state index is 13.4. The van der Waals surface area contributed by atoms with Crippen LogP contribution in [0, 0.1) is 13.8 Å². The Morgan fingerprint density at radius 2 is 0.958 bits per heavy atom. The van der Waals surface area contributed by atoms with E-state index in [2.05, 4.69) is 63.7 Å². The Kier molecular flexibility index (Phi) is 7.72. The van der Waals surface area contributed by atoms with Crippen LogP contribution in [-0.4, -0.2) is 13.3 Å². The number of carbonyl (C=O) groups excluding carboxylic acids is 1. The molecule has 2 aromatic rings. The number of ketones is 1. The van der Waals surface area contributed by atoms with Crippen LogP contribution in [0.2, 0.25) is 0 Å². The van der Waals surface area contributed by atoms with E-state index in [1.54, 1.807) is 0 Å². The van der Waals surface area contributed by atoms with Crippen LogP contribution in [0.3, 0.4) is 0 Å². The molecule has 0 spiro atoms. The smallest absolute Gasteiger partial charge is 0.151 e. The lowest BCUT2D eigenvalue weighted by molar-refractivity contribution is -0.121. The molecule has 0 amide bonds. The van der Waals surface area contributed by atoms with Gasteiger partial charge in [0, 0.05) is 0 Å². The molecule has 128 valence electrons. The maximum atomic E-state index is 13.4. The van der Waals surface area contributed by atoms with E-state index in [0.29, 0.717) is 0 Å². The Morgan fingerprint density at radius 1 is 0.667 bits per heavy atom. The summed E-state index contributed by atoms with van der Waals surface area (Å²) < 4.78 is -0.265. The van der Waals surface area contributed by atoms with Crippen molar-refractivity contribution >= 4 is 69.5 Å². The number of carbonyl (C=O) groups is 1. The molecule has 2 rings (SSSR count). The van der Waals surface area contributed by atoms with E-state index in [1.807, 2.05) is 62.4 Å². The normalized spacial score (nSPS) is 14.0. The zero-order valence-corrected chi connectivity index (χ0v) is 19.7. The molecular weight excluding hydrogens is 564 g/mol. The van der Waals surface area contributed by atoms with Gasteiger partial charge in [-0.15, -0.1) is 0 Å². The Morgan fingerprint density at radius 3 is 1.21 bits per heavy atom. The van der Waals surface area contributed by atoms with Gasteiger partial charge >= 0.3 is 0 Å². The van der Waals surface area contributed by atoms with E-state index in [4.69, 9.17) is 0 Å². The van der Waals surface area contributed by atoms with Crippen LogP contribution in [0.25, 0.3) is 0 Å². The molecule has 0 heterocycles. The van der Waals surface area contributed by atoms with Crippen molar-refractivity contribution in [3.05, 3.63) is 70.8 Å². The highest BCUT2D eigenvalue weighted by Crippen LogP contribution is 2.39. The molecule has 2 unspecified atom stereocenters. The Hall–Kier alpha value is 0.0300. The summed E-state index contributed by atoms with van der Waals surface area (Å²) in [7, 11) is 0. The van der Waals surface area contributed by atoms with Crippen molar-refractivity contribution < 1.29 is 4.79 Å². The minimum Gasteiger partial charge on any atom is -0.298 e. The Labute approximate surface area is 177 Å². The second kappa shape index (κ2) is 9.11. The predicted molar refractivity (Wildman–Crippen MR) is 116 cm³/mol. The molecule has 0 N–H and O–H groups in total. The van der Waals surface area contributed by atoms with Crippen LogP contribution < -0.4 is 0 Å². The molecule has 0 radical (unpaired) electrons. The lowest BCUT2D eigenvalue weighted by Gasteiger charge is -2.25. The number of Topliss-reactive ketones (excluding diaryl/α,β-unsaturated/α-hetero) is 1. The van der Waals surface area contributed by atoms with Gasteiger partial charge in [0.2, 0.25) is 0 Å². The van der Waals surface area contributed by atoms with Crippen molar-refractivity contribution in [2.45, 2.75) is 33.2 Å². The number of aryl methyl sites for hydroxylation is 2. The number of alkyl halides is 4. The zero-order chi connectivity index (χ0) is 17.9. The standard InChI is InChI=1S/C19H18Br4O/c1-11-3-7-13(8-4-11)15(18(20)21)17(24)16(19(22)23)14-9-5-12(2)6-10-14/h3-10,15-16,18-19H,1-2H3. The van der Waals surface area contributed by atoms with E-state index in [-0.39, 0.29) is 25.1 Å². The van der Waals surface area contributed by atoms with Crippen molar-refractivity contribution in [2.75, 3.05) is 0 Å². The third-order valence-electron chi connectivity index (χ3n) is 3.99. The minimum absolute atomic E-state index is 0.132. The van der Waals surface area contributed by atoms with Gasteiger partial charge < -0.3 is 0 Å². The fourth-order valence-corrected chi connectivity index (χ4v) is 4.87. The van der Waals surface area contributed by atoms with Crippen molar-refractivity contribution in [3.63, 3.8) is 0 Å². The summed E-state index contributed by atoms with van der Waals surface area (Å²) in [5.74, 6) is -0.413. The molecule has 0 aliphatic rings. The summed E-state index contributed by atoms with van der Waals surface area (Å²) >= 11 is 14.3. The van der Waals surface area contributed by atoms with E-state index in [1.165, 1.54) is 11.1 Å². The highest BCUT2D eigenvalue weighted by Gasteiger charge is 2.35. The first-order valence-electron chi connectivity index (χ1n) is 7.54. The fraction of sp³-hybridized carbons (Fsp3) is 0.316. The highest BCUT2D eigenvalue weighted by atomic mass is 79.9. The average Bonchev–Trinajstić information content (AvgIpc) is 2.51. The quantitative estimate of drug-likeness (QED) is 0.337. The number of rotatable bonds is 6. The number of hydrogen-bond acceptors (Lipinski definition) is 1. The average molecular weight is 582 g/mol. The zero-order valence-electron chi connectivity index (χ0n) is 13.3. The summed E-state index contributed by atoms with van der Waals surface area (Å²) in [5, 5.41) is 0. The second-order valence-corrected chi connectivity index (χ2v) is 12.3. The van der Waals surface area contributed by atoms with Gasteiger partial charge in [0.15, 0.2) is 5.78 Å². The largest absolute Gasteiger partial charge is 0.298 e. The van der Waals surface area contributed by atoms with Crippen LogP contribution >= 0.6 is 63.7 Å². The molecule has 0 saturated heterocycles.